The van der Waals surface area contributed by atoms with E-state index in [0.717, 1.165) is 23.3 Å². The Balaban J connectivity index is 1.90. The Bertz CT molecular complexity index is 1060. The van der Waals surface area contributed by atoms with Crippen LogP contribution in [0, 0.1) is 5.82 Å². The third-order valence-corrected chi connectivity index (χ3v) is 4.09. The highest BCUT2D eigenvalue weighted by molar-refractivity contribution is 5.94. The van der Waals surface area contributed by atoms with Gasteiger partial charge in [0.1, 0.15) is 12.1 Å². The number of hydrogen-bond acceptors (Lipinski definition) is 4. The molecule has 1 unspecified atom stereocenters. The zero-order valence-corrected chi connectivity index (χ0v) is 15.5. The number of hydrogen-bond donors (Lipinski definition) is 1. The van der Waals surface area contributed by atoms with Crippen molar-refractivity contribution < 1.29 is 35.5 Å². The molecule has 13 heteroatoms. The van der Waals surface area contributed by atoms with Crippen LogP contribution in [0.1, 0.15) is 40.3 Å². The second-order valence-corrected chi connectivity index (χ2v) is 6.35. The maximum absolute atomic E-state index is 13.1. The highest BCUT2D eigenvalue weighted by atomic mass is 19.4. The van der Waals surface area contributed by atoms with Gasteiger partial charge >= 0.3 is 12.4 Å². The molecule has 0 fully saturated rings. The first-order valence-corrected chi connectivity index (χ1v) is 8.48. The molecule has 1 atom stereocenters. The van der Waals surface area contributed by atoms with Crippen LogP contribution >= 0.6 is 0 Å². The molecule has 2 aromatic heterocycles. The van der Waals surface area contributed by atoms with Crippen LogP contribution in [0.3, 0.4) is 0 Å². The Morgan fingerprint density at radius 2 is 1.61 bits per heavy atom. The zero-order chi connectivity index (χ0) is 23.0. The van der Waals surface area contributed by atoms with Crippen molar-refractivity contribution in [3.8, 4) is 5.82 Å². The Morgan fingerprint density at radius 1 is 1.00 bits per heavy atom. The lowest BCUT2D eigenvalue weighted by Gasteiger charge is -2.17. The van der Waals surface area contributed by atoms with Gasteiger partial charge in [0.15, 0.2) is 11.6 Å². The Labute approximate surface area is 169 Å². The van der Waals surface area contributed by atoms with E-state index in [2.05, 4.69) is 20.4 Å². The van der Waals surface area contributed by atoms with Gasteiger partial charge in [0.25, 0.3) is 5.91 Å². The number of nitrogens with zero attached hydrogens (tertiary/aromatic N) is 4. The first-order chi connectivity index (χ1) is 14.4. The third-order valence-electron chi connectivity index (χ3n) is 4.09. The highest BCUT2D eigenvalue weighted by Crippen LogP contribution is 2.36. The Kier molecular flexibility index (Phi) is 5.70. The van der Waals surface area contributed by atoms with Gasteiger partial charge in [-0.3, -0.25) is 4.79 Å². The normalized spacial score (nSPS) is 13.2. The number of nitrogens with one attached hydrogen (secondary N) is 1. The molecule has 1 aromatic carbocycles. The van der Waals surface area contributed by atoms with Gasteiger partial charge in [-0.15, -0.1) is 0 Å². The fraction of sp³-hybridized carbons (Fsp3) is 0.222. The number of benzene rings is 1. The van der Waals surface area contributed by atoms with Crippen LogP contribution in [-0.2, 0) is 12.4 Å². The van der Waals surface area contributed by atoms with E-state index in [-0.39, 0.29) is 17.7 Å². The van der Waals surface area contributed by atoms with Crippen LogP contribution in [0.25, 0.3) is 5.82 Å². The van der Waals surface area contributed by atoms with Gasteiger partial charge < -0.3 is 5.32 Å². The van der Waals surface area contributed by atoms with E-state index in [1.807, 2.05) is 0 Å². The summed E-state index contributed by atoms with van der Waals surface area (Å²) >= 11 is 0. The summed E-state index contributed by atoms with van der Waals surface area (Å²) in [5.74, 6) is -1.61. The predicted molar refractivity (Wildman–Crippen MR) is 91.4 cm³/mol. The molecule has 0 aliphatic heterocycles. The van der Waals surface area contributed by atoms with Crippen LogP contribution in [0.5, 0.6) is 0 Å². The summed E-state index contributed by atoms with van der Waals surface area (Å²) in [4.78, 5) is 20.2. The Hall–Kier alpha value is -3.51. The fourth-order valence-corrected chi connectivity index (χ4v) is 2.65. The van der Waals surface area contributed by atoms with Gasteiger partial charge in [0.2, 0.25) is 0 Å². The number of halogens is 7. The van der Waals surface area contributed by atoms with Gasteiger partial charge in [-0.25, -0.2) is 14.4 Å². The molecule has 0 aliphatic carbocycles. The summed E-state index contributed by atoms with van der Waals surface area (Å²) in [6.07, 6.45) is -8.17. The van der Waals surface area contributed by atoms with Crippen molar-refractivity contribution in [3.05, 3.63) is 71.2 Å². The van der Waals surface area contributed by atoms with Crippen LogP contribution in [-0.4, -0.2) is 25.7 Å². The molecule has 0 radical (unpaired) electrons. The maximum Gasteiger partial charge on any atom is 0.416 e. The van der Waals surface area contributed by atoms with Crippen molar-refractivity contribution in [2.24, 2.45) is 0 Å². The number of rotatable bonds is 4. The van der Waals surface area contributed by atoms with Gasteiger partial charge in [0.05, 0.1) is 23.4 Å². The summed E-state index contributed by atoms with van der Waals surface area (Å²) in [6.45, 7) is 1.39. The molecule has 0 bridgehead atoms. The molecule has 3 aromatic rings. The number of amides is 1. The molecule has 1 amide bonds. The lowest BCUT2D eigenvalue weighted by atomic mass is 10.0. The van der Waals surface area contributed by atoms with Crippen molar-refractivity contribution in [2.75, 3.05) is 0 Å². The van der Waals surface area contributed by atoms with Crippen molar-refractivity contribution in [2.45, 2.75) is 25.3 Å². The monoisotopic (exact) mass is 447 g/mol. The standard InChI is InChI=1S/C18H12F7N5O/c1-9(15-27-8-28-30(15)14-3-2-13(19)7-26-14)29-16(31)10-4-11(17(20,21)22)6-12(5-10)18(23,24)25/h2-9H,1H3,(H,29,31). The molecule has 1 N–H and O–H groups in total. The van der Waals surface area contributed by atoms with Gasteiger partial charge in [-0.05, 0) is 37.3 Å². The number of carbonyl (C=O) groups is 1. The summed E-state index contributed by atoms with van der Waals surface area (Å²) in [5.41, 5.74) is -4.06. The van der Waals surface area contributed by atoms with E-state index in [1.165, 1.54) is 13.0 Å². The molecule has 0 saturated carbocycles. The summed E-state index contributed by atoms with van der Waals surface area (Å²) in [5, 5.41) is 6.16. The minimum Gasteiger partial charge on any atom is -0.342 e. The molecule has 0 saturated heterocycles. The van der Waals surface area contributed by atoms with E-state index in [1.54, 1.807) is 0 Å². The largest absolute Gasteiger partial charge is 0.416 e. The number of pyridine rings is 1. The van der Waals surface area contributed by atoms with Crippen molar-refractivity contribution in [1.82, 2.24) is 25.1 Å². The van der Waals surface area contributed by atoms with Crippen LogP contribution in [0.15, 0.2) is 42.9 Å². The summed E-state index contributed by atoms with van der Waals surface area (Å²) in [7, 11) is 0. The summed E-state index contributed by atoms with van der Waals surface area (Å²) in [6, 6.07) is 1.94. The van der Waals surface area contributed by atoms with Gasteiger partial charge in [-0.1, -0.05) is 0 Å². The van der Waals surface area contributed by atoms with E-state index in [0.29, 0.717) is 12.1 Å². The lowest BCUT2D eigenvalue weighted by molar-refractivity contribution is -0.143. The fourth-order valence-electron chi connectivity index (χ4n) is 2.65. The number of aromatic nitrogens is 4. The number of carbonyl (C=O) groups excluding carboxylic acids is 1. The van der Waals surface area contributed by atoms with Crippen LogP contribution < -0.4 is 5.32 Å². The van der Waals surface area contributed by atoms with E-state index in [4.69, 9.17) is 0 Å². The number of alkyl halides is 6. The lowest BCUT2D eigenvalue weighted by Crippen LogP contribution is -2.29. The van der Waals surface area contributed by atoms with Gasteiger partial charge in [0, 0.05) is 5.56 Å². The first kappa shape index (κ1) is 22.2. The van der Waals surface area contributed by atoms with E-state index < -0.39 is 46.8 Å². The topological polar surface area (TPSA) is 72.7 Å². The van der Waals surface area contributed by atoms with Crippen LogP contribution in [0.4, 0.5) is 30.7 Å². The zero-order valence-electron chi connectivity index (χ0n) is 15.5. The average molecular weight is 447 g/mol. The second kappa shape index (κ2) is 7.96. The third kappa shape index (κ3) is 4.98. The van der Waals surface area contributed by atoms with Crippen molar-refractivity contribution >= 4 is 5.91 Å². The minimum absolute atomic E-state index is 0.0653. The molecule has 0 spiro atoms. The van der Waals surface area contributed by atoms with Crippen molar-refractivity contribution in [3.63, 3.8) is 0 Å². The van der Waals surface area contributed by atoms with Crippen molar-refractivity contribution in [1.29, 1.82) is 0 Å². The molecule has 164 valence electrons. The molecule has 31 heavy (non-hydrogen) atoms. The molecule has 3 rings (SSSR count). The molecule has 2 heterocycles. The smallest absolute Gasteiger partial charge is 0.342 e. The SMILES string of the molecule is CC(NC(=O)c1cc(C(F)(F)F)cc(C(F)(F)F)c1)c1ncnn1-c1ccc(F)cn1. The summed E-state index contributed by atoms with van der Waals surface area (Å²) < 4.78 is 92.2. The van der Waals surface area contributed by atoms with E-state index in [9.17, 15) is 35.5 Å². The minimum atomic E-state index is -5.09. The highest BCUT2D eigenvalue weighted by Gasteiger charge is 2.37. The van der Waals surface area contributed by atoms with Crippen LogP contribution in [0.2, 0.25) is 0 Å². The second-order valence-electron chi connectivity index (χ2n) is 6.35. The van der Waals surface area contributed by atoms with Gasteiger partial charge in [-0.2, -0.15) is 36.1 Å². The molecule has 6 nitrogen and oxygen atoms in total. The maximum atomic E-state index is 13.1. The average Bonchev–Trinajstić information content (AvgIpc) is 3.16. The first-order valence-electron chi connectivity index (χ1n) is 8.48. The Morgan fingerprint density at radius 3 is 2.13 bits per heavy atom. The molecule has 0 aliphatic rings. The molecular formula is C18H12F7N5O. The quantitative estimate of drug-likeness (QED) is 0.605. The predicted octanol–water partition coefficient (Wildman–Crippen LogP) is 4.33. The van der Waals surface area contributed by atoms with E-state index >= 15 is 0 Å². The molecular weight excluding hydrogens is 435 g/mol.